The number of benzene rings is 2. The van der Waals surface area contributed by atoms with Crippen molar-refractivity contribution in [2.45, 2.75) is 20.3 Å². The van der Waals surface area contributed by atoms with Crippen LogP contribution < -0.4 is 5.32 Å². The molecule has 0 aliphatic carbocycles. The summed E-state index contributed by atoms with van der Waals surface area (Å²) in [6.07, 6.45) is 0.864. The van der Waals surface area contributed by atoms with Gasteiger partial charge in [-0.1, -0.05) is 37.3 Å². The first-order valence-electron chi connectivity index (χ1n) is 7.84. The monoisotopic (exact) mass is 339 g/mol. The quantitative estimate of drug-likeness (QED) is 0.651. The molecule has 0 radical (unpaired) electrons. The van der Waals surface area contributed by atoms with Gasteiger partial charge in [-0.2, -0.15) is 0 Å². The van der Waals surface area contributed by atoms with Crippen molar-refractivity contribution < 1.29 is 9.18 Å². The Balaban J connectivity index is 1.83. The second-order valence-electron chi connectivity index (χ2n) is 5.59. The first kappa shape index (κ1) is 16.4. The van der Waals surface area contributed by atoms with E-state index in [2.05, 4.69) is 12.2 Å². The summed E-state index contributed by atoms with van der Waals surface area (Å²) in [7, 11) is 0. The normalized spacial score (nSPS) is 10.6. The number of rotatable bonds is 4. The van der Waals surface area contributed by atoms with Crippen LogP contribution in [0.25, 0.3) is 10.4 Å². The van der Waals surface area contributed by atoms with Crippen molar-refractivity contribution >= 4 is 22.9 Å². The van der Waals surface area contributed by atoms with E-state index < -0.39 is 0 Å². The molecule has 122 valence electrons. The molecular weight excluding hydrogens is 321 g/mol. The summed E-state index contributed by atoms with van der Waals surface area (Å²) < 4.78 is 13.0. The van der Waals surface area contributed by atoms with Crippen LogP contribution in [0.2, 0.25) is 0 Å². The van der Waals surface area contributed by atoms with Crippen LogP contribution in [0.4, 0.5) is 10.1 Å². The zero-order valence-electron chi connectivity index (χ0n) is 13.6. The van der Waals surface area contributed by atoms with Gasteiger partial charge >= 0.3 is 0 Å². The zero-order chi connectivity index (χ0) is 17.1. The van der Waals surface area contributed by atoms with Gasteiger partial charge in [-0.05, 0) is 54.3 Å². The van der Waals surface area contributed by atoms with E-state index in [1.807, 2.05) is 37.3 Å². The van der Waals surface area contributed by atoms with E-state index in [0.717, 1.165) is 33.7 Å². The van der Waals surface area contributed by atoms with Crippen molar-refractivity contribution in [2.75, 3.05) is 5.32 Å². The van der Waals surface area contributed by atoms with E-state index in [1.54, 1.807) is 12.1 Å². The molecular formula is C20H18FNOS. The molecule has 0 spiro atoms. The number of thiophene rings is 1. The van der Waals surface area contributed by atoms with Crippen LogP contribution >= 0.6 is 11.3 Å². The van der Waals surface area contributed by atoms with Gasteiger partial charge in [-0.3, -0.25) is 4.79 Å². The Bertz CT molecular complexity index is 868. The molecule has 0 saturated carbocycles. The third-order valence-corrected chi connectivity index (χ3v) is 5.07. The summed E-state index contributed by atoms with van der Waals surface area (Å²) in [4.78, 5) is 14.2. The lowest BCUT2D eigenvalue weighted by Crippen LogP contribution is -2.12. The first-order valence-corrected chi connectivity index (χ1v) is 8.65. The molecule has 3 aromatic rings. The molecule has 2 aromatic carbocycles. The van der Waals surface area contributed by atoms with Crippen molar-refractivity contribution in [3.63, 3.8) is 0 Å². The fourth-order valence-corrected chi connectivity index (χ4v) is 3.51. The third kappa shape index (κ3) is 3.39. The van der Waals surface area contributed by atoms with Crippen molar-refractivity contribution in [3.05, 3.63) is 76.4 Å². The number of aryl methyl sites for hydroxylation is 2. The molecule has 0 unspecified atom stereocenters. The maximum atomic E-state index is 13.0. The highest BCUT2D eigenvalue weighted by molar-refractivity contribution is 7.17. The largest absolute Gasteiger partial charge is 0.321 e. The minimum Gasteiger partial charge on any atom is -0.321 e. The van der Waals surface area contributed by atoms with Crippen molar-refractivity contribution in [1.29, 1.82) is 0 Å². The Kier molecular flexibility index (Phi) is 4.76. The summed E-state index contributed by atoms with van der Waals surface area (Å²) in [5.41, 5.74) is 3.98. The number of halogens is 1. The van der Waals surface area contributed by atoms with Crippen LogP contribution in [-0.4, -0.2) is 5.91 Å². The molecule has 1 N–H and O–H groups in total. The van der Waals surface area contributed by atoms with Crippen molar-refractivity contribution in [2.24, 2.45) is 0 Å². The van der Waals surface area contributed by atoms with E-state index in [9.17, 15) is 9.18 Å². The number of anilines is 1. The SMILES string of the molecule is CCc1cccc(C)c1NC(=O)c1ccc(-c2ccc(F)cc2)s1. The van der Waals surface area contributed by atoms with Gasteiger partial charge in [0, 0.05) is 10.6 Å². The van der Waals surface area contributed by atoms with Gasteiger partial charge in [-0.25, -0.2) is 4.39 Å². The first-order chi connectivity index (χ1) is 11.6. The summed E-state index contributed by atoms with van der Waals surface area (Å²) in [6, 6.07) is 16.0. The molecule has 1 heterocycles. The standard InChI is InChI=1S/C20H18FNOS/c1-3-14-6-4-5-13(2)19(14)22-20(23)18-12-11-17(24-18)15-7-9-16(21)10-8-15/h4-12H,3H2,1-2H3,(H,22,23). The van der Waals surface area contributed by atoms with Crippen LogP contribution in [0.5, 0.6) is 0 Å². The number of amides is 1. The van der Waals surface area contributed by atoms with Gasteiger partial charge in [0.05, 0.1) is 4.88 Å². The average molecular weight is 339 g/mol. The lowest BCUT2D eigenvalue weighted by atomic mass is 10.1. The van der Waals surface area contributed by atoms with Crippen molar-refractivity contribution in [3.8, 4) is 10.4 Å². The van der Waals surface area contributed by atoms with Gasteiger partial charge in [0.25, 0.3) is 5.91 Å². The molecule has 1 amide bonds. The van der Waals surface area contributed by atoms with E-state index in [4.69, 9.17) is 0 Å². The molecule has 0 aliphatic rings. The van der Waals surface area contributed by atoms with Crippen molar-refractivity contribution in [1.82, 2.24) is 0 Å². The van der Waals surface area contributed by atoms with Gasteiger partial charge in [-0.15, -0.1) is 11.3 Å². The Morgan fingerprint density at radius 3 is 2.54 bits per heavy atom. The second-order valence-corrected chi connectivity index (χ2v) is 6.67. The van der Waals surface area contributed by atoms with Crippen LogP contribution in [-0.2, 0) is 6.42 Å². The molecule has 2 nitrogen and oxygen atoms in total. The predicted octanol–water partition coefficient (Wildman–Crippen LogP) is 5.68. The number of carbonyl (C=O) groups excluding carboxylic acids is 1. The molecule has 1 aromatic heterocycles. The molecule has 0 saturated heterocycles. The molecule has 0 atom stereocenters. The highest BCUT2D eigenvalue weighted by atomic mass is 32.1. The number of hydrogen-bond acceptors (Lipinski definition) is 2. The molecule has 0 fully saturated rings. The molecule has 0 bridgehead atoms. The maximum absolute atomic E-state index is 13.0. The molecule has 3 rings (SSSR count). The maximum Gasteiger partial charge on any atom is 0.265 e. The van der Waals surface area contributed by atoms with Crippen LogP contribution in [0.1, 0.15) is 27.7 Å². The fraction of sp³-hybridized carbons (Fsp3) is 0.150. The smallest absolute Gasteiger partial charge is 0.265 e. The van der Waals surface area contributed by atoms with E-state index in [0.29, 0.717) is 4.88 Å². The Morgan fingerprint density at radius 2 is 1.83 bits per heavy atom. The highest BCUT2D eigenvalue weighted by Crippen LogP contribution is 2.29. The Morgan fingerprint density at radius 1 is 1.08 bits per heavy atom. The number of para-hydroxylation sites is 1. The van der Waals surface area contributed by atoms with Gasteiger partial charge in [0.1, 0.15) is 5.82 Å². The lowest BCUT2D eigenvalue weighted by molar-refractivity contribution is 0.103. The van der Waals surface area contributed by atoms with E-state index >= 15 is 0 Å². The van der Waals surface area contributed by atoms with E-state index in [-0.39, 0.29) is 11.7 Å². The average Bonchev–Trinajstić information content (AvgIpc) is 3.07. The fourth-order valence-electron chi connectivity index (χ4n) is 2.61. The summed E-state index contributed by atoms with van der Waals surface area (Å²) in [6.45, 7) is 4.06. The van der Waals surface area contributed by atoms with E-state index in [1.165, 1.54) is 23.5 Å². The minimum absolute atomic E-state index is 0.114. The zero-order valence-corrected chi connectivity index (χ0v) is 14.4. The Labute approximate surface area is 145 Å². The van der Waals surface area contributed by atoms with Gasteiger partial charge in [0.2, 0.25) is 0 Å². The van der Waals surface area contributed by atoms with Crippen LogP contribution in [0, 0.1) is 12.7 Å². The summed E-state index contributed by atoms with van der Waals surface area (Å²) in [5, 5.41) is 3.03. The second kappa shape index (κ2) is 6.97. The topological polar surface area (TPSA) is 29.1 Å². The number of nitrogens with one attached hydrogen (secondary N) is 1. The number of carbonyl (C=O) groups is 1. The third-order valence-electron chi connectivity index (χ3n) is 3.94. The minimum atomic E-state index is -0.264. The molecule has 0 aliphatic heterocycles. The van der Waals surface area contributed by atoms with Gasteiger partial charge < -0.3 is 5.32 Å². The highest BCUT2D eigenvalue weighted by Gasteiger charge is 2.13. The van der Waals surface area contributed by atoms with Gasteiger partial charge in [0.15, 0.2) is 0 Å². The van der Waals surface area contributed by atoms with Crippen LogP contribution in [0.3, 0.4) is 0 Å². The van der Waals surface area contributed by atoms with Crippen LogP contribution in [0.15, 0.2) is 54.6 Å². The lowest BCUT2D eigenvalue weighted by Gasteiger charge is -2.12. The Hall–Kier alpha value is -2.46. The number of hydrogen-bond donors (Lipinski definition) is 1. The molecule has 24 heavy (non-hydrogen) atoms. The predicted molar refractivity (Wildman–Crippen MR) is 98.2 cm³/mol. The molecule has 4 heteroatoms. The summed E-state index contributed by atoms with van der Waals surface area (Å²) in [5.74, 6) is -0.378. The summed E-state index contributed by atoms with van der Waals surface area (Å²) >= 11 is 1.40.